The maximum atomic E-state index is 12.5. The van der Waals surface area contributed by atoms with Crippen molar-refractivity contribution in [1.29, 1.82) is 0 Å². The summed E-state index contributed by atoms with van der Waals surface area (Å²) in [5.41, 5.74) is 10.1. The molecule has 2 aliphatic heterocycles. The molecule has 0 spiro atoms. The van der Waals surface area contributed by atoms with Crippen LogP contribution in [0.25, 0.3) is 10.4 Å². The van der Waals surface area contributed by atoms with Gasteiger partial charge in [0, 0.05) is 30.5 Å². The molecular formula is C12H15N7O4. The lowest BCUT2D eigenvalue weighted by Crippen LogP contribution is -2.36. The predicted octanol–water partition coefficient (Wildman–Crippen LogP) is 0.615. The molecule has 0 saturated carbocycles. The fourth-order valence-corrected chi connectivity index (χ4v) is 2.83. The molecule has 1 aromatic rings. The Labute approximate surface area is 130 Å². The Hall–Kier alpha value is -2.78. The third kappa shape index (κ3) is 2.67. The van der Waals surface area contributed by atoms with Crippen molar-refractivity contribution >= 4 is 12.0 Å². The minimum Gasteiger partial charge on any atom is -0.465 e. The molecule has 3 heterocycles. The van der Waals surface area contributed by atoms with Gasteiger partial charge in [0.2, 0.25) is 0 Å². The Kier molecular flexibility index (Phi) is 3.80. The Balaban J connectivity index is 1.98. The van der Waals surface area contributed by atoms with Crippen LogP contribution in [0.4, 0.5) is 4.79 Å². The van der Waals surface area contributed by atoms with Gasteiger partial charge in [-0.25, -0.2) is 9.86 Å². The molecule has 0 fully saturated rings. The summed E-state index contributed by atoms with van der Waals surface area (Å²) < 4.78 is 1.53. The van der Waals surface area contributed by atoms with Gasteiger partial charge in [-0.1, -0.05) is 5.11 Å². The predicted molar refractivity (Wildman–Crippen MR) is 75.3 cm³/mol. The highest BCUT2D eigenvalue weighted by molar-refractivity contribution is 5.93. The molecule has 0 aromatic carbocycles. The third-order valence-corrected chi connectivity index (χ3v) is 3.89. The third-order valence-electron chi connectivity index (χ3n) is 3.89. The SMILES string of the molecule is CN1OC(CN=[N+]=[N-])Cn2nc3c(c2C1=O)CN(C(=O)O)CC3. The molecule has 2 aliphatic rings. The van der Waals surface area contributed by atoms with E-state index in [0.717, 1.165) is 10.8 Å². The average Bonchev–Trinajstić information content (AvgIpc) is 2.82. The van der Waals surface area contributed by atoms with E-state index < -0.39 is 18.1 Å². The second-order valence-corrected chi connectivity index (χ2v) is 5.35. The van der Waals surface area contributed by atoms with Crippen molar-refractivity contribution in [2.45, 2.75) is 25.6 Å². The Morgan fingerprint density at radius 2 is 2.39 bits per heavy atom. The molecule has 1 unspecified atom stereocenters. The zero-order valence-corrected chi connectivity index (χ0v) is 12.4. The van der Waals surface area contributed by atoms with Crippen LogP contribution in [0.15, 0.2) is 5.11 Å². The van der Waals surface area contributed by atoms with Gasteiger partial charge in [0.15, 0.2) is 0 Å². The number of fused-ring (bicyclic) bond motifs is 3. The molecule has 0 saturated heterocycles. The van der Waals surface area contributed by atoms with Gasteiger partial charge in [0.1, 0.15) is 11.8 Å². The fraction of sp³-hybridized carbons (Fsp3) is 0.583. The summed E-state index contributed by atoms with van der Waals surface area (Å²) in [5, 5.41) is 18.1. The van der Waals surface area contributed by atoms with E-state index in [9.17, 15) is 9.59 Å². The molecule has 0 aliphatic carbocycles. The lowest BCUT2D eigenvalue weighted by molar-refractivity contribution is -0.144. The van der Waals surface area contributed by atoms with Crippen molar-refractivity contribution < 1.29 is 19.5 Å². The molecule has 3 rings (SSSR count). The quantitative estimate of drug-likeness (QED) is 0.483. The molecule has 11 nitrogen and oxygen atoms in total. The van der Waals surface area contributed by atoms with E-state index in [1.165, 1.54) is 16.6 Å². The molecule has 1 atom stereocenters. The maximum absolute atomic E-state index is 12.5. The first kappa shape index (κ1) is 15.1. The first-order valence-corrected chi connectivity index (χ1v) is 7.03. The first-order chi connectivity index (χ1) is 11.0. The normalized spacial score (nSPS) is 20.4. The summed E-state index contributed by atoms with van der Waals surface area (Å²) in [5.74, 6) is -0.394. The van der Waals surface area contributed by atoms with Crippen molar-refractivity contribution in [2.24, 2.45) is 5.11 Å². The van der Waals surface area contributed by atoms with Crippen molar-refractivity contribution in [1.82, 2.24) is 19.7 Å². The first-order valence-electron chi connectivity index (χ1n) is 7.03. The summed E-state index contributed by atoms with van der Waals surface area (Å²) >= 11 is 0. The van der Waals surface area contributed by atoms with Gasteiger partial charge in [-0.15, -0.1) is 0 Å². The van der Waals surface area contributed by atoms with E-state index >= 15 is 0 Å². The van der Waals surface area contributed by atoms with Crippen LogP contribution in [0.2, 0.25) is 0 Å². The van der Waals surface area contributed by atoms with Crippen LogP contribution in [-0.2, 0) is 24.3 Å². The number of aromatic nitrogens is 2. The van der Waals surface area contributed by atoms with Gasteiger partial charge in [-0.2, -0.15) is 5.10 Å². The van der Waals surface area contributed by atoms with Crippen LogP contribution >= 0.6 is 0 Å². The molecule has 1 N–H and O–H groups in total. The smallest absolute Gasteiger partial charge is 0.407 e. The summed E-state index contributed by atoms with van der Waals surface area (Å²) in [6.07, 6.45) is -1.08. The van der Waals surface area contributed by atoms with Gasteiger partial charge >= 0.3 is 6.09 Å². The van der Waals surface area contributed by atoms with Gasteiger partial charge in [0.25, 0.3) is 5.91 Å². The number of carboxylic acid groups (broad SMARTS) is 1. The number of hydrogen-bond acceptors (Lipinski definition) is 5. The second-order valence-electron chi connectivity index (χ2n) is 5.35. The van der Waals surface area contributed by atoms with Crippen molar-refractivity contribution in [2.75, 3.05) is 20.1 Å². The van der Waals surface area contributed by atoms with Crippen LogP contribution in [0, 0.1) is 0 Å². The van der Waals surface area contributed by atoms with Crippen molar-refractivity contribution in [3.8, 4) is 0 Å². The molecular weight excluding hydrogens is 306 g/mol. The number of nitrogens with zero attached hydrogens (tertiary/aromatic N) is 7. The zero-order valence-electron chi connectivity index (χ0n) is 12.4. The van der Waals surface area contributed by atoms with E-state index in [-0.39, 0.29) is 19.6 Å². The van der Waals surface area contributed by atoms with E-state index in [2.05, 4.69) is 15.1 Å². The lowest BCUT2D eigenvalue weighted by Gasteiger charge is -2.24. The van der Waals surface area contributed by atoms with Crippen molar-refractivity contribution in [3.05, 3.63) is 27.4 Å². The lowest BCUT2D eigenvalue weighted by atomic mass is 10.1. The number of rotatable bonds is 2. The van der Waals surface area contributed by atoms with Gasteiger partial charge in [0.05, 0.1) is 25.3 Å². The van der Waals surface area contributed by atoms with Crippen molar-refractivity contribution in [3.63, 3.8) is 0 Å². The van der Waals surface area contributed by atoms with Gasteiger partial charge in [-0.05, 0) is 5.53 Å². The van der Waals surface area contributed by atoms with Crippen LogP contribution in [0.1, 0.15) is 21.7 Å². The van der Waals surface area contributed by atoms with E-state index in [4.69, 9.17) is 15.5 Å². The minimum absolute atomic E-state index is 0.0688. The number of azide groups is 1. The fourth-order valence-electron chi connectivity index (χ4n) is 2.83. The number of amides is 2. The summed E-state index contributed by atoms with van der Waals surface area (Å²) in [7, 11) is 1.47. The van der Waals surface area contributed by atoms with E-state index in [1.54, 1.807) is 0 Å². The second kappa shape index (κ2) is 5.78. The molecule has 2 amide bonds. The largest absolute Gasteiger partial charge is 0.465 e. The number of hydrogen-bond donors (Lipinski definition) is 1. The van der Waals surface area contributed by atoms with Crippen LogP contribution in [-0.4, -0.2) is 63.1 Å². The molecule has 1 aromatic heterocycles. The van der Waals surface area contributed by atoms with Crippen LogP contribution in [0.5, 0.6) is 0 Å². The maximum Gasteiger partial charge on any atom is 0.407 e. The highest BCUT2D eigenvalue weighted by Crippen LogP contribution is 2.26. The Morgan fingerprint density at radius 3 is 3.09 bits per heavy atom. The highest BCUT2D eigenvalue weighted by atomic mass is 16.7. The molecule has 0 radical (unpaired) electrons. The Morgan fingerprint density at radius 1 is 1.61 bits per heavy atom. The van der Waals surface area contributed by atoms with E-state index in [1.807, 2.05) is 0 Å². The van der Waals surface area contributed by atoms with Gasteiger partial charge in [-0.3, -0.25) is 14.3 Å². The topological polar surface area (TPSA) is 137 Å². The number of carbonyl (C=O) groups is 2. The molecule has 0 bridgehead atoms. The van der Waals surface area contributed by atoms with Gasteiger partial charge < -0.3 is 10.0 Å². The molecule has 122 valence electrons. The molecule has 11 heteroatoms. The number of hydroxylamine groups is 2. The average molecular weight is 321 g/mol. The zero-order chi connectivity index (χ0) is 16.6. The van der Waals surface area contributed by atoms with Crippen LogP contribution < -0.4 is 0 Å². The highest BCUT2D eigenvalue weighted by Gasteiger charge is 2.35. The summed E-state index contributed by atoms with van der Waals surface area (Å²) in [6, 6.07) is 0. The number of carbonyl (C=O) groups excluding carboxylic acids is 1. The molecule has 23 heavy (non-hydrogen) atoms. The monoisotopic (exact) mass is 321 g/mol. The Bertz CT molecular complexity index is 709. The van der Waals surface area contributed by atoms with Crippen LogP contribution in [0.3, 0.4) is 0 Å². The van der Waals surface area contributed by atoms with E-state index in [0.29, 0.717) is 24.2 Å². The summed E-state index contributed by atoms with van der Waals surface area (Å²) in [4.78, 5) is 33.1. The minimum atomic E-state index is -1.03. The standard InChI is InChI=1S/C12H15N7O4/c1-17-11(20)10-8-6-18(12(21)22)3-2-9(8)15-19(10)5-7(23-17)4-14-16-13/h7H,2-6H2,1H3,(H,21,22). The summed E-state index contributed by atoms with van der Waals surface area (Å²) in [6.45, 7) is 0.798.